The third-order valence-electron chi connectivity index (χ3n) is 17.2. The summed E-state index contributed by atoms with van der Waals surface area (Å²) in [5, 5.41) is 32.0. The summed E-state index contributed by atoms with van der Waals surface area (Å²) in [5.74, 6) is -0.106. The van der Waals surface area contributed by atoms with E-state index in [0.29, 0.717) is 101 Å². The Morgan fingerprint density at radius 2 is 0.739 bits per heavy atom. The topological polar surface area (TPSA) is 252 Å². The molecule has 15 aromatic rings. The van der Waals surface area contributed by atoms with E-state index in [2.05, 4.69) is 66.6 Å². The zero-order valence-corrected chi connectivity index (χ0v) is 61.1. The molecular weight excluding hydrogens is 1560 g/mol. The summed E-state index contributed by atoms with van der Waals surface area (Å²) in [4.78, 5) is 68.9. The van der Waals surface area contributed by atoms with Gasteiger partial charge in [-0.15, -0.1) is 0 Å². The highest BCUT2D eigenvalue weighted by Gasteiger charge is 2.33. The molecule has 0 spiro atoms. The fourth-order valence-corrected chi connectivity index (χ4v) is 12.1. The van der Waals surface area contributed by atoms with Gasteiger partial charge in [-0.25, -0.2) is 15.0 Å². The summed E-state index contributed by atoms with van der Waals surface area (Å²) >= 11 is 12.3. The smallest absolute Gasteiger partial charge is 0.309 e. The van der Waals surface area contributed by atoms with Crippen LogP contribution in [0.25, 0.3) is 43.6 Å². The van der Waals surface area contributed by atoms with Crippen molar-refractivity contribution in [2.24, 2.45) is 0 Å². The van der Waals surface area contributed by atoms with Crippen molar-refractivity contribution in [1.29, 1.82) is 0 Å². The second-order valence-electron chi connectivity index (χ2n) is 25.2. The highest BCUT2D eigenvalue weighted by molar-refractivity contribution is 6.36. The number of aromatic nitrogens is 13. The number of anilines is 4. The van der Waals surface area contributed by atoms with Crippen LogP contribution in [0.2, 0.25) is 10.0 Å². The minimum atomic E-state index is -4.38. The minimum Gasteiger partial charge on any atom is -0.309 e. The van der Waals surface area contributed by atoms with E-state index in [1.165, 1.54) is 92.0 Å². The standard InChI is InChI=1S/C22H15ClF3N3O.2C20H14F3N5O.C18H16ClF3N4O/c23-18-7-3-1-5-16(18)21(30)27-20-17-6-2-4-8-19(17)29(28-20)13-14-9-11-15(12-10-14)22(24,25)26;21-20(22,23)15-7-5-13(6-8-15)11-28-17-4-2-1-3-16(17)18(27-28)26-19(29)14-9-24-12-25-10-14;21-20(22,23)14-7-5-13(6-8-14)12-28-17-4-2-1-3-15(17)18(27-28)26-19(29)16-11-24-9-10-25-16;1-2-3-15(27)24-17-16-13(19)8-23-9-14(16)26(25-17)10-11-4-6-12(7-5-11)18(20,21)22/h1-12H,13H2,(H,27,28,30);1-10,12H,11H2,(H,26,27,29);1-11H,12H2,(H,26,27,29);4-9H,2-3,10H2,1H3,(H,24,25,27). The summed E-state index contributed by atoms with van der Waals surface area (Å²) in [6.45, 7) is 2.85. The summed E-state index contributed by atoms with van der Waals surface area (Å²) < 4.78 is 159. The molecule has 0 unspecified atom stereocenters. The number of fused-ring (bicyclic) bond motifs is 4. The Morgan fingerprint density at radius 1 is 0.365 bits per heavy atom. The Bertz CT molecular complexity index is 5760. The molecule has 8 aromatic carbocycles. The largest absolute Gasteiger partial charge is 0.416 e. The van der Waals surface area contributed by atoms with Crippen molar-refractivity contribution in [3.05, 3.63) is 315 Å². The molecule has 35 heteroatoms. The number of alkyl halides is 12. The second kappa shape index (κ2) is 35.1. The molecule has 0 aliphatic carbocycles. The van der Waals surface area contributed by atoms with Gasteiger partial charge in [-0.2, -0.15) is 73.1 Å². The number of hydrogen-bond acceptors (Lipinski definition) is 13. The lowest BCUT2D eigenvalue weighted by Crippen LogP contribution is -2.14. The number of hydrogen-bond donors (Lipinski definition) is 4. The number of pyridine rings is 1. The van der Waals surface area contributed by atoms with Crippen molar-refractivity contribution in [3.8, 4) is 0 Å². The average molecular weight is 1620 g/mol. The van der Waals surface area contributed by atoms with Crippen molar-refractivity contribution in [2.75, 3.05) is 21.3 Å². The highest BCUT2D eigenvalue weighted by atomic mass is 35.5. The number of benzene rings is 8. The van der Waals surface area contributed by atoms with Crippen LogP contribution in [-0.2, 0) is 55.7 Å². The average Bonchev–Trinajstić information content (AvgIpc) is 1.70. The van der Waals surface area contributed by atoms with Gasteiger partial charge >= 0.3 is 24.7 Å². The van der Waals surface area contributed by atoms with Gasteiger partial charge in [0.1, 0.15) is 12.0 Å². The number of nitrogens with zero attached hydrogens (tertiary/aromatic N) is 13. The van der Waals surface area contributed by atoms with Crippen LogP contribution in [0.1, 0.15) is 95.5 Å². The minimum absolute atomic E-state index is 0.147. The number of carbonyl (C=O) groups excluding carboxylic acids is 4. The molecule has 0 fully saturated rings. The van der Waals surface area contributed by atoms with Crippen LogP contribution < -0.4 is 21.3 Å². The van der Waals surface area contributed by atoms with Crippen LogP contribution in [0.3, 0.4) is 0 Å². The molecule has 586 valence electrons. The van der Waals surface area contributed by atoms with Gasteiger partial charge in [0.05, 0.1) is 109 Å². The van der Waals surface area contributed by atoms with Crippen LogP contribution in [0.4, 0.5) is 76.0 Å². The zero-order chi connectivity index (χ0) is 81.8. The molecule has 115 heavy (non-hydrogen) atoms. The SMILES string of the molecule is CCCC(=O)Nc1nn(Cc2ccc(C(F)(F)F)cc2)c2cncc(Cl)c12.O=C(Nc1nn(Cc2ccc(C(F)(F)F)cc2)c2ccccc12)c1ccccc1Cl.O=C(Nc1nn(Cc2ccc(C(F)(F)F)cc2)c2ccccc12)c1cnccn1.O=C(Nc1nn(Cc2ccc(C(F)(F)F)cc2)c2ccccc12)c1cncnc1. The van der Waals surface area contributed by atoms with E-state index in [9.17, 15) is 71.9 Å². The lowest BCUT2D eigenvalue weighted by Gasteiger charge is -2.08. The van der Waals surface area contributed by atoms with Crippen molar-refractivity contribution >= 4 is 114 Å². The van der Waals surface area contributed by atoms with Crippen molar-refractivity contribution in [3.63, 3.8) is 0 Å². The Labute approximate surface area is 653 Å². The predicted molar refractivity (Wildman–Crippen MR) is 407 cm³/mol. The third kappa shape index (κ3) is 20.3. The van der Waals surface area contributed by atoms with Gasteiger partial charge in [-0.1, -0.05) is 127 Å². The molecule has 0 aliphatic rings. The Morgan fingerprint density at radius 3 is 1.13 bits per heavy atom. The highest BCUT2D eigenvalue weighted by Crippen LogP contribution is 2.36. The number of carbonyl (C=O) groups is 4. The van der Waals surface area contributed by atoms with Crippen LogP contribution in [0, 0.1) is 0 Å². The molecule has 0 saturated carbocycles. The number of rotatable bonds is 17. The molecule has 4 N–H and O–H groups in total. The molecule has 0 aliphatic heterocycles. The molecule has 0 bridgehead atoms. The fraction of sp³-hybridized carbons (Fsp3) is 0.138. The van der Waals surface area contributed by atoms with Gasteiger partial charge < -0.3 is 21.3 Å². The predicted octanol–water partition coefficient (Wildman–Crippen LogP) is 19.2. The molecule has 0 saturated heterocycles. The van der Waals surface area contributed by atoms with Crippen molar-refractivity contribution < 1.29 is 71.9 Å². The fourth-order valence-electron chi connectivity index (χ4n) is 11.6. The van der Waals surface area contributed by atoms with Gasteiger partial charge in [0.25, 0.3) is 17.7 Å². The summed E-state index contributed by atoms with van der Waals surface area (Å²) in [5.41, 5.74) is 3.31. The number of para-hydroxylation sites is 3. The lowest BCUT2D eigenvalue weighted by atomic mass is 10.1. The first kappa shape index (κ1) is 81.1. The Kier molecular flexibility index (Phi) is 24.7. The van der Waals surface area contributed by atoms with Crippen molar-refractivity contribution in [2.45, 2.75) is 70.6 Å². The Balaban J connectivity index is 0.000000142. The molecule has 7 heterocycles. The quantitative estimate of drug-likeness (QED) is 0.0620. The molecule has 21 nitrogen and oxygen atoms in total. The van der Waals surface area contributed by atoms with E-state index in [1.54, 1.807) is 55.3 Å². The first-order valence-corrected chi connectivity index (χ1v) is 35.2. The van der Waals surface area contributed by atoms with E-state index in [-0.39, 0.29) is 43.3 Å². The summed E-state index contributed by atoms with van der Waals surface area (Å²) in [7, 11) is 0. The van der Waals surface area contributed by atoms with E-state index in [4.69, 9.17) is 23.2 Å². The lowest BCUT2D eigenvalue weighted by molar-refractivity contribution is -0.138. The normalized spacial score (nSPS) is 11.6. The maximum atomic E-state index is 12.8. The first-order chi connectivity index (χ1) is 54.9. The molecule has 4 amide bonds. The van der Waals surface area contributed by atoms with Gasteiger partial charge in [0.2, 0.25) is 5.91 Å². The first-order valence-electron chi connectivity index (χ1n) is 34.5. The molecule has 0 atom stereocenters. The van der Waals surface area contributed by atoms with Crippen LogP contribution in [0.5, 0.6) is 0 Å². The number of amides is 4. The monoisotopic (exact) mass is 1620 g/mol. The molecular formula is C80H59Cl2F12N17O4. The molecule has 0 radical (unpaired) electrons. The third-order valence-corrected chi connectivity index (χ3v) is 17.8. The van der Waals surface area contributed by atoms with E-state index < -0.39 is 64.7 Å². The van der Waals surface area contributed by atoms with Crippen molar-refractivity contribution in [1.82, 2.24) is 64.0 Å². The van der Waals surface area contributed by atoms with Gasteiger partial charge in [-0.05, 0) is 126 Å². The maximum Gasteiger partial charge on any atom is 0.416 e. The summed E-state index contributed by atoms with van der Waals surface area (Å²) in [6, 6.07) is 48.1. The van der Waals surface area contributed by atoms with Gasteiger partial charge in [0, 0.05) is 53.6 Å². The van der Waals surface area contributed by atoms with Crippen LogP contribution in [-0.4, -0.2) is 87.7 Å². The Hall–Kier alpha value is -13.4. The molecule has 7 aromatic heterocycles. The van der Waals surface area contributed by atoms with Crippen LogP contribution >= 0.6 is 23.2 Å². The zero-order valence-electron chi connectivity index (χ0n) is 59.6. The summed E-state index contributed by atoms with van der Waals surface area (Å²) in [6.07, 6.45) is -5.17. The number of nitrogens with one attached hydrogen (secondary N) is 4. The van der Waals surface area contributed by atoms with E-state index >= 15 is 0 Å². The number of halogens is 14. The van der Waals surface area contributed by atoms with Gasteiger partial charge in [0.15, 0.2) is 23.3 Å². The van der Waals surface area contributed by atoms with Gasteiger partial charge in [-0.3, -0.25) is 47.9 Å². The van der Waals surface area contributed by atoms with E-state index in [0.717, 1.165) is 65.1 Å². The molecule has 15 rings (SSSR count). The maximum absolute atomic E-state index is 12.8. The van der Waals surface area contributed by atoms with E-state index in [1.807, 2.05) is 73.7 Å². The second-order valence-corrected chi connectivity index (χ2v) is 26.0. The van der Waals surface area contributed by atoms with Crippen LogP contribution in [0.15, 0.2) is 244 Å².